The summed E-state index contributed by atoms with van der Waals surface area (Å²) in [6.07, 6.45) is 3.85. The summed E-state index contributed by atoms with van der Waals surface area (Å²) in [4.78, 5) is 18.6. The minimum Gasteiger partial charge on any atom is -0.496 e. The number of likely N-dealkylation sites (tertiary alicyclic amines) is 1. The highest BCUT2D eigenvalue weighted by atomic mass is 16.5. The zero-order valence-corrected chi connectivity index (χ0v) is 13.8. The first kappa shape index (κ1) is 15.2. The van der Waals surface area contributed by atoms with Gasteiger partial charge in [-0.05, 0) is 18.9 Å². The first-order valence-corrected chi connectivity index (χ1v) is 8.47. The van der Waals surface area contributed by atoms with Crippen LogP contribution in [0.5, 0.6) is 5.75 Å². The van der Waals surface area contributed by atoms with E-state index >= 15 is 0 Å². The number of carbonyl (C=O) groups is 1. The van der Waals surface area contributed by atoms with Crippen LogP contribution in [0.1, 0.15) is 42.5 Å². The minimum atomic E-state index is 0.174. The molecule has 1 aromatic carbocycles. The number of methoxy groups -OCH3 is 1. The molecule has 1 aliphatic carbocycles. The predicted molar refractivity (Wildman–Crippen MR) is 86.8 cm³/mol. The third-order valence-electron chi connectivity index (χ3n) is 5.02. The van der Waals surface area contributed by atoms with Crippen molar-refractivity contribution in [2.45, 2.75) is 31.6 Å². The Morgan fingerprint density at radius 3 is 2.83 bits per heavy atom. The number of ether oxygens (including phenoxy) is 1. The molecule has 0 atom stereocenters. The van der Waals surface area contributed by atoms with E-state index in [9.17, 15) is 4.79 Å². The molecule has 0 bridgehead atoms. The molecule has 1 amide bonds. The molecule has 4 rings (SSSR count). The Kier molecular flexibility index (Phi) is 3.96. The number of hydrogen-bond donors (Lipinski definition) is 0. The van der Waals surface area contributed by atoms with E-state index in [1.54, 1.807) is 7.11 Å². The highest BCUT2D eigenvalue weighted by molar-refractivity contribution is 5.80. The first-order chi connectivity index (χ1) is 11.7. The Bertz CT molecular complexity index is 733. The largest absolute Gasteiger partial charge is 0.496 e. The van der Waals surface area contributed by atoms with Crippen LogP contribution in [-0.4, -0.2) is 41.1 Å². The Morgan fingerprint density at radius 2 is 2.12 bits per heavy atom. The van der Waals surface area contributed by atoms with Crippen LogP contribution in [0.2, 0.25) is 0 Å². The Balaban J connectivity index is 1.36. The van der Waals surface area contributed by atoms with Crippen molar-refractivity contribution in [1.82, 2.24) is 15.0 Å². The van der Waals surface area contributed by atoms with Crippen LogP contribution in [0, 0.1) is 5.92 Å². The van der Waals surface area contributed by atoms with Crippen molar-refractivity contribution in [2.75, 3.05) is 20.2 Å². The van der Waals surface area contributed by atoms with Gasteiger partial charge >= 0.3 is 0 Å². The lowest BCUT2D eigenvalue weighted by Gasteiger charge is -2.41. The highest BCUT2D eigenvalue weighted by Crippen LogP contribution is 2.33. The summed E-state index contributed by atoms with van der Waals surface area (Å²) in [5, 5.41) is 4.08. The minimum absolute atomic E-state index is 0.174. The SMILES string of the molecule is COc1ccccc1Cc1noc(C2CN(C(=O)C3CCC3)C2)n1. The standard InChI is InChI=1S/C18H21N3O3/c1-23-15-8-3-2-5-13(15)9-16-19-17(24-20-16)14-10-21(11-14)18(22)12-6-4-7-12/h2-3,5,8,12,14H,4,6-7,9-11H2,1H3. The maximum Gasteiger partial charge on any atom is 0.233 e. The fourth-order valence-electron chi connectivity index (χ4n) is 3.25. The van der Waals surface area contributed by atoms with Crippen molar-refractivity contribution in [2.24, 2.45) is 5.92 Å². The molecule has 24 heavy (non-hydrogen) atoms. The van der Waals surface area contributed by atoms with Crippen molar-refractivity contribution in [1.29, 1.82) is 0 Å². The molecule has 0 N–H and O–H groups in total. The Labute approximate surface area is 140 Å². The lowest BCUT2D eigenvalue weighted by Crippen LogP contribution is -2.51. The lowest BCUT2D eigenvalue weighted by atomic mass is 9.83. The average Bonchev–Trinajstić information content (AvgIpc) is 2.92. The second kappa shape index (κ2) is 6.26. The van der Waals surface area contributed by atoms with E-state index < -0.39 is 0 Å². The summed E-state index contributed by atoms with van der Waals surface area (Å²) in [5.41, 5.74) is 1.03. The quantitative estimate of drug-likeness (QED) is 0.843. The van der Waals surface area contributed by atoms with Crippen LogP contribution in [0.15, 0.2) is 28.8 Å². The first-order valence-electron chi connectivity index (χ1n) is 8.47. The van der Waals surface area contributed by atoms with E-state index in [0.29, 0.717) is 37.1 Å². The summed E-state index contributed by atoms with van der Waals surface area (Å²) in [5.74, 6) is 2.84. The van der Waals surface area contributed by atoms with Crippen LogP contribution in [0.3, 0.4) is 0 Å². The normalized spacial score (nSPS) is 18.1. The van der Waals surface area contributed by atoms with Crippen molar-refractivity contribution in [3.8, 4) is 5.75 Å². The van der Waals surface area contributed by atoms with E-state index in [4.69, 9.17) is 9.26 Å². The maximum absolute atomic E-state index is 12.1. The number of aromatic nitrogens is 2. The van der Waals surface area contributed by atoms with Gasteiger partial charge in [-0.25, -0.2) is 0 Å². The third-order valence-corrected chi connectivity index (χ3v) is 5.02. The van der Waals surface area contributed by atoms with Gasteiger partial charge in [-0.15, -0.1) is 0 Å². The maximum atomic E-state index is 12.1. The van der Waals surface area contributed by atoms with Gasteiger partial charge in [-0.1, -0.05) is 29.8 Å². The molecule has 1 aliphatic heterocycles. The van der Waals surface area contributed by atoms with Crippen LogP contribution in [0.25, 0.3) is 0 Å². The summed E-state index contributed by atoms with van der Waals surface area (Å²) >= 11 is 0. The molecule has 1 aromatic heterocycles. The van der Waals surface area contributed by atoms with Gasteiger partial charge < -0.3 is 14.2 Å². The zero-order valence-electron chi connectivity index (χ0n) is 13.8. The number of nitrogens with zero attached hydrogens (tertiary/aromatic N) is 3. The second-order valence-electron chi connectivity index (χ2n) is 6.61. The highest BCUT2D eigenvalue weighted by Gasteiger charge is 2.39. The van der Waals surface area contributed by atoms with Crippen molar-refractivity contribution < 1.29 is 14.1 Å². The van der Waals surface area contributed by atoms with E-state index in [1.165, 1.54) is 6.42 Å². The molecule has 126 valence electrons. The average molecular weight is 327 g/mol. The van der Waals surface area contributed by atoms with Crippen LogP contribution in [-0.2, 0) is 11.2 Å². The van der Waals surface area contributed by atoms with Gasteiger partial charge in [0.1, 0.15) is 5.75 Å². The molecule has 1 saturated heterocycles. The number of benzene rings is 1. The molecule has 2 fully saturated rings. The molecule has 6 nitrogen and oxygen atoms in total. The summed E-state index contributed by atoms with van der Waals surface area (Å²) in [7, 11) is 1.66. The molecule has 0 spiro atoms. The molecule has 2 heterocycles. The van der Waals surface area contributed by atoms with Crippen LogP contribution in [0.4, 0.5) is 0 Å². The second-order valence-corrected chi connectivity index (χ2v) is 6.61. The van der Waals surface area contributed by atoms with Gasteiger partial charge in [0.25, 0.3) is 0 Å². The van der Waals surface area contributed by atoms with Crippen molar-refractivity contribution >= 4 is 5.91 Å². The van der Waals surface area contributed by atoms with Gasteiger partial charge in [0.15, 0.2) is 5.82 Å². The smallest absolute Gasteiger partial charge is 0.233 e. The van der Waals surface area contributed by atoms with Gasteiger partial charge in [-0.2, -0.15) is 4.98 Å². The van der Waals surface area contributed by atoms with E-state index in [-0.39, 0.29) is 11.8 Å². The number of amides is 1. The molecular formula is C18H21N3O3. The predicted octanol–water partition coefficient (Wildman–Crippen LogP) is 2.39. The van der Waals surface area contributed by atoms with Gasteiger partial charge in [0.2, 0.25) is 11.8 Å². The van der Waals surface area contributed by atoms with Gasteiger partial charge in [0.05, 0.1) is 13.0 Å². The molecule has 0 radical (unpaired) electrons. The van der Waals surface area contributed by atoms with Crippen LogP contribution >= 0.6 is 0 Å². The van der Waals surface area contributed by atoms with Crippen molar-refractivity contribution in [3.63, 3.8) is 0 Å². The molecule has 0 unspecified atom stereocenters. The molecule has 2 aliphatic rings. The summed E-state index contributed by atoms with van der Waals surface area (Å²) in [6, 6.07) is 7.82. The zero-order chi connectivity index (χ0) is 16.5. The fourth-order valence-corrected chi connectivity index (χ4v) is 3.25. The van der Waals surface area contributed by atoms with E-state index in [1.807, 2.05) is 29.2 Å². The monoisotopic (exact) mass is 327 g/mol. The molecular weight excluding hydrogens is 306 g/mol. The topological polar surface area (TPSA) is 68.5 Å². The third kappa shape index (κ3) is 2.77. The summed E-state index contributed by atoms with van der Waals surface area (Å²) in [6.45, 7) is 1.40. The van der Waals surface area contributed by atoms with Gasteiger partial charge in [-0.3, -0.25) is 4.79 Å². The number of hydrogen-bond acceptors (Lipinski definition) is 5. The van der Waals surface area contributed by atoms with Crippen LogP contribution < -0.4 is 4.74 Å². The molecule has 1 saturated carbocycles. The van der Waals surface area contributed by atoms with E-state index in [2.05, 4.69) is 10.1 Å². The number of carbonyl (C=O) groups excluding carboxylic acids is 1. The van der Waals surface area contributed by atoms with E-state index in [0.717, 1.165) is 24.2 Å². The number of para-hydroxylation sites is 1. The number of rotatable bonds is 5. The molecule has 6 heteroatoms. The Morgan fingerprint density at radius 1 is 1.33 bits per heavy atom. The Hall–Kier alpha value is -2.37. The van der Waals surface area contributed by atoms with Gasteiger partial charge in [0, 0.05) is 31.0 Å². The fraction of sp³-hybridized carbons (Fsp3) is 0.500. The molecule has 2 aromatic rings. The lowest BCUT2D eigenvalue weighted by molar-refractivity contribution is -0.143. The summed E-state index contributed by atoms with van der Waals surface area (Å²) < 4.78 is 10.8. The van der Waals surface area contributed by atoms with Crippen molar-refractivity contribution in [3.05, 3.63) is 41.5 Å².